The monoisotopic (exact) mass is 425 g/mol. The standard InChI is InChI=1S/C20H23N7O4/c1-4-27-15(9-12(2)25-27)19(29)24-20-23-14-10-13(18(21)28)11-16(31-3)17(14)26(20)8-6-5-7-22-30/h5-6,9-11H,4,7-8H2,1-3H3,(H2,21,28)(H,23,24,29)/b6-5+. The van der Waals surface area contributed by atoms with Crippen LogP contribution in [0, 0.1) is 11.8 Å². The van der Waals surface area contributed by atoms with E-state index >= 15 is 0 Å². The number of ether oxygens (including phenoxy) is 1. The number of carbonyl (C=O) groups is 2. The number of rotatable bonds is 9. The van der Waals surface area contributed by atoms with Gasteiger partial charge in [-0.1, -0.05) is 17.3 Å². The topological polar surface area (TPSA) is 146 Å². The van der Waals surface area contributed by atoms with Crippen LogP contribution in [0.5, 0.6) is 5.75 Å². The van der Waals surface area contributed by atoms with Crippen molar-refractivity contribution in [2.24, 2.45) is 10.9 Å². The van der Waals surface area contributed by atoms with Crippen molar-refractivity contribution in [1.82, 2.24) is 19.3 Å². The Morgan fingerprint density at radius 1 is 1.29 bits per heavy atom. The zero-order chi connectivity index (χ0) is 22.5. The van der Waals surface area contributed by atoms with Crippen LogP contribution in [0.1, 0.15) is 33.5 Å². The Kier molecular flexibility index (Phi) is 6.43. The second-order valence-corrected chi connectivity index (χ2v) is 6.68. The van der Waals surface area contributed by atoms with Gasteiger partial charge in [-0.2, -0.15) is 10.0 Å². The molecular formula is C20H23N7O4. The van der Waals surface area contributed by atoms with Crippen LogP contribution in [0.3, 0.4) is 0 Å². The Bertz CT molecular complexity index is 1180. The first kappa shape index (κ1) is 21.7. The van der Waals surface area contributed by atoms with Crippen molar-refractivity contribution in [3.63, 3.8) is 0 Å². The minimum atomic E-state index is -0.625. The average molecular weight is 425 g/mol. The number of amides is 2. The first-order valence-electron chi connectivity index (χ1n) is 9.57. The summed E-state index contributed by atoms with van der Waals surface area (Å²) in [6.07, 6.45) is 3.32. The minimum absolute atomic E-state index is 0.0201. The predicted molar refractivity (Wildman–Crippen MR) is 115 cm³/mol. The van der Waals surface area contributed by atoms with E-state index in [2.05, 4.69) is 20.6 Å². The van der Waals surface area contributed by atoms with Crippen molar-refractivity contribution in [3.05, 3.63) is 52.2 Å². The maximum absolute atomic E-state index is 12.9. The summed E-state index contributed by atoms with van der Waals surface area (Å²) in [4.78, 5) is 39.5. The molecule has 0 bridgehead atoms. The first-order chi connectivity index (χ1) is 14.9. The van der Waals surface area contributed by atoms with Crippen LogP contribution in [0.25, 0.3) is 11.0 Å². The molecule has 0 aliphatic heterocycles. The smallest absolute Gasteiger partial charge is 0.276 e. The third-order valence-electron chi connectivity index (χ3n) is 4.61. The van der Waals surface area contributed by atoms with Crippen molar-refractivity contribution in [1.29, 1.82) is 0 Å². The van der Waals surface area contributed by atoms with Gasteiger partial charge in [-0.15, -0.1) is 0 Å². The molecule has 11 nitrogen and oxygen atoms in total. The number of nitrogens with zero attached hydrogens (tertiary/aromatic N) is 5. The summed E-state index contributed by atoms with van der Waals surface area (Å²) in [5.74, 6) is -0.396. The van der Waals surface area contributed by atoms with Crippen LogP contribution in [-0.2, 0) is 13.1 Å². The van der Waals surface area contributed by atoms with Crippen molar-refractivity contribution in [2.75, 3.05) is 19.0 Å². The van der Waals surface area contributed by atoms with Crippen molar-refractivity contribution in [2.45, 2.75) is 26.9 Å². The zero-order valence-corrected chi connectivity index (χ0v) is 17.5. The molecule has 1 aromatic carbocycles. The Labute approximate surface area is 177 Å². The molecule has 3 N–H and O–H groups in total. The highest BCUT2D eigenvalue weighted by Crippen LogP contribution is 2.31. The van der Waals surface area contributed by atoms with E-state index in [1.165, 1.54) is 19.2 Å². The third kappa shape index (κ3) is 4.44. The quantitative estimate of drug-likeness (QED) is 0.397. The first-order valence-corrected chi connectivity index (χ1v) is 9.57. The average Bonchev–Trinajstić information content (AvgIpc) is 3.30. The van der Waals surface area contributed by atoms with E-state index < -0.39 is 5.91 Å². The van der Waals surface area contributed by atoms with Gasteiger partial charge in [0.2, 0.25) is 11.9 Å². The van der Waals surface area contributed by atoms with Crippen LogP contribution >= 0.6 is 0 Å². The Hall–Kier alpha value is -4.02. The van der Waals surface area contributed by atoms with Crippen molar-refractivity contribution < 1.29 is 14.3 Å². The summed E-state index contributed by atoms with van der Waals surface area (Å²) in [6.45, 7) is 4.53. The van der Waals surface area contributed by atoms with E-state index in [0.717, 1.165) is 5.69 Å². The number of methoxy groups -OCH3 is 1. The van der Waals surface area contributed by atoms with E-state index in [0.29, 0.717) is 29.0 Å². The highest BCUT2D eigenvalue weighted by Gasteiger charge is 2.21. The summed E-state index contributed by atoms with van der Waals surface area (Å²) in [5.41, 5.74) is 7.74. The maximum atomic E-state index is 12.9. The van der Waals surface area contributed by atoms with E-state index in [-0.39, 0.29) is 30.5 Å². The molecule has 0 atom stereocenters. The molecule has 11 heteroatoms. The van der Waals surface area contributed by atoms with Crippen LogP contribution in [-0.4, -0.2) is 44.8 Å². The summed E-state index contributed by atoms with van der Waals surface area (Å²) in [5, 5.41) is 9.89. The van der Waals surface area contributed by atoms with Gasteiger partial charge in [0.05, 0.1) is 24.9 Å². The normalized spacial score (nSPS) is 11.2. The number of aryl methyl sites for hydroxylation is 2. The second-order valence-electron chi connectivity index (χ2n) is 6.68. The van der Waals surface area contributed by atoms with Crippen LogP contribution < -0.4 is 15.8 Å². The molecule has 0 aliphatic rings. The summed E-state index contributed by atoms with van der Waals surface area (Å²) >= 11 is 0. The molecule has 0 saturated carbocycles. The van der Waals surface area contributed by atoms with Gasteiger partial charge in [0.1, 0.15) is 17.0 Å². The second kappa shape index (κ2) is 9.20. The van der Waals surface area contributed by atoms with Crippen molar-refractivity contribution >= 4 is 28.8 Å². The molecule has 0 unspecified atom stereocenters. The number of nitroso groups, excluding NO2 is 1. The number of carbonyl (C=O) groups excluding carboxylic acids is 2. The fourth-order valence-corrected chi connectivity index (χ4v) is 3.23. The molecule has 0 spiro atoms. The molecule has 0 fully saturated rings. The van der Waals surface area contributed by atoms with Gasteiger partial charge in [0, 0.05) is 18.7 Å². The highest BCUT2D eigenvalue weighted by molar-refractivity contribution is 6.04. The Morgan fingerprint density at radius 3 is 2.71 bits per heavy atom. The molecule has 162 valence electrons. The molecule has 2 heterocycles. The lowest BCUT2D eigenvalue weighted by molar-refractivity contribution is 0.0995. The van der Waals surface area contributed by atoms with Crippen molar-refractivity contribution in [3.8, 4) is 5.75 Å². The maximum Gasteiger partial charge on any atom is 0.276 e. The number of hydrogen-bond donors (Lipinski definition) is 2. The molecule has 0 saturated heterocycles. The van der Waals surface area contributed by atoms with E-state index in [1.807, 2.05) is 6.92 Å². The largest absolute Gasteiger partial charge is 0.494 e. The molecule has 2 amide bonds. The number of benzene rings is 1. The summed E-state index contributed by atoms with van der Waals surface area (Å²) in [6, 6.07) is 4.73. The number of anilines is 1. The molecule has 3 rings (SSSR count). The number of hydrogen-bond acceptors (Lipinski definition) is 7. The van der Waals surface area contributed by atoms with Gasteiger partial charge >= 0.3 is 0 Å². The van der Waals surface area contributed by atoms with Gasteiger partial charge in [-0.3, -0.25) is 19.6 Å². The Balaban J connectivity index is 2.10. The SMILES string of the molecule is CCn1nc(C)cc1C(=O)Nc1nc2cc(C(N)=O)cc(OC)c2n1C/C=C/CN=O. The minimum Gasteiger partial charge on any atom is -0.494 e. The van der Waals surface area contributed by atoms with Gasteiger partial charge in [-0.25, -0.2) is 4.98 Å². The lowest BCUT2D eigenvalue weighted by Crippen LogP contribution is -2.19. The lowest BCUT2D eigenvalue weighted by atomic mass is 10.1. The number of allylic oxidation sites excluding steroid dienone is 1. The molecule has 3 aromatic rings. The fraction of sp³-hybridized carbons (Fsp3) is 0.300. The van der Waals surface area contributed by atoms with E-state index in [4.69, 9.17) is 10.5 Å². The number of fused-ring (bicyclic) bond motifs is 1. The molecular weight excluding hydrogens is 402 g/mol. The van der Waals surface area contributed by atoms with Crippen LogP contribution in [0.2, 0.25) is 0 Å². The van der Waals surface area contributed by atoms with Gasteiger partial charge < -0.3 is 15.0 Å². The van der Waals surface area contributed by atoms with Gasteiger partial charge in [0.25, 0.3) is 5.91 Å². The Morgan fingerprint density at radius 2 is 2.06 bits per heavy atom. The predicted octanol–water partition coefficient (Wildman–Crippen LogP) is 2.24. The summed E-state index contributed by atoms with van der Waals surface area (Å²) < 4.78 is 8.74. The van der Waals surface area contributed by atoms with Gasteiger partial charge in [-0.05, 0) is 32.0 Å². The molecule has 0 aliphatic carbocycles. The number of primary amides is 1. The molecule has 2 aromatic heterocycles. The number of nitrogens with one attached hydrogen (secondary N) is 1. The van der Waals surface area contributed by atoms with E-state index in [9.17, 15) is 14.5 Å². The number of nitrogens with two attached hydrogens (primary N) is 1. The number of imidazole rings is 1. The van der Waals surface area contributed by atoms with E-state index in [1.54, 1.807) is 34.4 Å². The van der Waals surface area contributed by atoms with Crippen LogP contribution in [0.15, 0.2) is 35.5 Å². The third-order valence-corrected chi connectivity index (χ3v) is 4.61. The molecule has 31 heavy (non-hydrogen) atoms. The highest BCUT2D eigenvalue weighted by atomic mass is 16.5. The van der Waals surface area contributed by atoms with Crippen LogP contribution in [0.4, 0.5) is 5.95 Å². The zero-order valence-electron chi connectivity index (χ0n) is 17.5. The molecule has 0 radical (unpaired) electrons. The van der Waals surface area contributed by atoms with Gasteiger partial charge in [0.15, 0.2) is 0 Å². The number of aromatic nitrogens is 4. The lowest BCUT2D eigenvalue weighted by Gasteiger charge is -2.11. The summed E-state index contributed by atoms with van der Waals surface area (Å²) in [7, 11) is 1.46. The fourth-order valence-electron chi connectivity index (χ4n) is 3.23.